The number of aryl methyl sites for hydroxylation is 2. The monoisotopic (exact) mass is 352 g/mol. The first-order chi connectivity index (χ1) is 12.7. The molecule has 0 aliphatic carbocycles. The Morgan fingerprint density at radius 3 is 2.62 bits per heavy atom. The van der Waals surface area contributed by atoms with E-state index in [0.29, 0.717) is 30.0 Å². The number of anilines is 1. The molecule has 5 nitrogen and oxygen atoms in total. The van der Waals surface area contributed by atoms with E-state index < -0.39 is 0 Å². The van der Waals surface area contributed by atoms with Gasteiger partial charge >= 0.3 is 0 Å². The van der Waals surface area contributed by atoms with E-state index in [4.69, 9.17) is 9.47 Å². The number of nitrogens with one attached hydrogen (secondary N) is 1. The topological polar surface area (TPSA) is 52.5 Å². The molecule has 1 amide bonds. The number of hydrogen-bond acceptors (Lipinski definition) is 3. The van der Waals surface area contributed by atoms with Crippen LogP contribution in [-0.2, 0) is 17.8 Å². The minimum atomic E-state index is -0.0239. The lowest BCUT2D eigenvalue weighted by Crippen LogP contribution is -2.12. The number of nitrogens with zero attached hydrogens (tertiary/aromatic N) is 1. The molecule has 2 aromatic carbocycles. The SMILES string of the molecule is CCn1ccc2c(CCC(=O)Nc3ccc(OC)c(OC)c3)cccc21. The van der Waals surface area contributed by atoms with Crippen molar-refractivity contribution in [2.24, 2.45) is 0 Å². The van der Waals surface area contributed by atoms with Crippen molar-refractivity contribution in [2.75, 3.05) is 19.5 Å². The maximum Gasteiger partial charge on any atom is 0.224 e. The Morgan fingerprint density at radius 2 is 1.88 bits per heavy atom. The molecule has 0 aliphatic heterocycles. The van der Waals surface area contributed by atoms with Crippen LogP contribution in [0.1, 0.15) is 18.9 Å². The van der Waals surface area contributed by atoms with Crippen LogP contribution in [0, 0.1) is 0 Å². The molecule has 0 spiro atoms. The summed E-state index contributed by atoms with van der Waals surface area (Å²) in [6.07, 6.45) is 3.22. The van der Waals surface area contributed by atoms with Gasteiger partial charge in [0, 0.05) is 41.8 Å². The number of hydrogen-bond donors (Lipinski definition) is 1. The Morgan fingerprint density at radius 1 is 1.08 bits per heavy atom. The zero-order valence-corrected chi connectivity index (χ0v) is 15.4. The van der Waals surface area contributed by atoms with Crippen LogP contribution < -0.4 is 14.8 Å². The van der Waals surface area contributed by atoms with Gasteiger partial charge in [-0.1, -0.05) is 12.1 Å². The fourth-order valence-electron chi connectivity index (χ4n) is 3.17. The lowest BCUT2D eigenvalue weighted by atomic mass is 10.0. The maximum atomic E-state index is 12.3. The summed E-state index contributed by atoms with van der Waals surface area (Å²) in [6, 6.07) is 13.7. The van der Waals surface area contributed by atoms with Gasteiger partial charge in [0.25, 0.3) is 0 Å². The van der Waals surface area contributed by atoms with E-state index in [2.05, 4.69) is 47.3 Å². The zero-order chi connectivity index (χ0) is 18.5. The molecule has 136 valence electrons. The molecule has 3 rings (SSSR count). The van der Waals surface area contributed by atoms with Gasteiger partial charge in [-0.05, 0) is 43.2 Å². The number of amides is 1. The first-order valence-corrected chi connectivity index (χ1v) is 8.75. The van der Waals surface area contributed by atoms with Crippen LogP contribution in [0.25, 0.3) is 10.9 Å². The number of benzene rings is 2. The summed E-state index contributed by atoms with van der Waals surface area (Å²) >= 11 is 0. The Kier molecular flexibility index (Phi) is 5.46. The predicted octanol–water partition coefficient (Wildman–Crippen LogP) is 4.25. The molecular formula is C21H24N2O3. The van der Waals surface area contributed by atoms with Crippen molar-refractivity contribution in [1.82, 2.24) is 4.57 Å². The number of methoxy groups -OCH3 is 2. The smallest absolute Gasteiger partial charge is 0.224 e. The fraction of sp³-hybridized carbons (Fsp3) is 0.286. The van der Waals surface area contributed by atoms with Gasteiger partial charge in [0.1, 0.15) is 0 Å². The van der Waals surface area contributed by atoms with E-state index in [1.165, 1.54) is 16.5 Å². The molecular weight excluding hydrogens is 328 g/mol. The largest absolute Gasteiger partial charge is 0.493 e. The van der Waals surface area contributed by atoms with Crippen molar-refractivity contribution in [3.63, 3.8) is 0 Å². The molecule has 0 aliphatic rings. The molecule has 0 unspecified atom stereocenters. The zero-order valence-electron chi connectivity index (χ0n) is 15.4. The van der Waals surface area contributed by atoms with Gasteiger partial charge in [0.2, 0.25) is 5.91 Å². The Hall–Kier alpha value is -2.95. The second-order valence-electron chi connectivity index (χ2n) is 6.07. The van der Waals surface area contributed by atoms with Crippen molar-refractivity contribution < 1.29 is 14.3 Å². The molecule has 0 fully saturated rings. The van der Waals surface area contributed by atoms with Gasteiger partial charge in [0.05, 0.1) is 14.2 Å². The van der Waals surface area contributed by atoms with E-state index in [9.17, 15) is 4.79 Å². The Labute approximate surface area is 153 Å². The molecule has 0 saturated carbocycles. The third-order valence-corrected chi connectivity index (χ3v) is 4.53. The highest BCUT2D eigenvalue weighted by molar-refractivity contribution is 5.92. The molecule has 0 radical (unpaired) electrons. The van der Waals surface area contributed by atoms with Crippen molar-refractivity contribution in [3.8, 4) is 11.5 Å². The lowest BCUT2D eigenvalue weighted by Gasteiger charge is -2.11. The quantitative estimate of drug-likeness (QED) is 0.692. The molecule has 1 heterocycles. The lowest BCUT2D eigenvalue weighted by molar-refractivity contribution is -0.116. The number of aromatic nitrogens is 1. The number of carbonyl (C=O) groups is 1. The number of carbonyl (C=O) groups excluding carboxylic acids is 1. The van der Waals surface area contributed by atoms with Gasteiger partial charge in [0.15, 0.2) is 11.5 Å². The minimum Gasteiger partial charge on any atom is -0.493 e. The summed E-state index contributed by atoms with van der Waals surface area (Å²) in [7, 11) is 3.16. The Bertz CT molecular complexity index is 915. The van der Waals surface area contributed by atoms with E-state index >= 15 is 0 Å². The summed E-state index contributed by atoms with van der Waals surface area (Å²) in [6.45, 7) is 3.06. The third kappa shape index (κ3) is 3.67. The van der Waals surface area contributed by atoms with Crippen LogP contribution in [0.2, 0.25) is 0 Å². The molecule has 3 aromatic rings. The van der Waals surface area contributed by atoms with Crippen LogP contribution in [0.4, 0.5) is 5.69 Å². The predicted molar refractivity (Wildman–Crippen MR) is 104 cm³/mol. The summed E-state index contributed by atoms with van der Waals surface area (Å²) in [5.41, 5.74) is 3.10. The number of rotatable bonds is 7. The van der Waals surface area contributed by atoms with Gasteiger partial charge in [-0.2, -0.15) is 0 Å². The molecule has 0 atom stereocenters. The van der Waals surface area contributed by atoms with Crippen LogP contribution in [-0.4, -0.2) is 24.7 Å². The highest BCUT2D eigenvalue weighted by atomic mass is 16.5. The summed E-state index contributed by atoms with van der Waals surface area (Å²) in [5.74, 6) is 1.21. The maximum absolute atomic E-state index is 12.3. The molecule has 0 bridgehead atoms. The van der Waals surface area contributed by atoms with E-state index in [-0.39, 0.29) is 5.91 Å². The second kappa shape index (κ2) is 7.95. The highest BCUT2D eigenvalue weighted by Crippen LogP contribution is 2.30. The molecule has 0 saturated heterocycles. The highest BCUT2D eigenvalue weighted by Gasteiger charge is 2.10. The van der Waals surface area contributed by atoms with Crippen molar-refractivity contribution in [2.45, 2.75) is 26.3 Å². The van der Waals surface area contributed by atoms with E-state index in [0.717, 1.165) is 6.54 Å². The van der Waals surface area contributed by atoms with Gasteiger partial charge < -0.3 is 19.4 Å². The van der Waals surface area contributed by atoms with Crippen LogP contribution in [0.3, 0.4) is 0 Å². The van der Waals surface area contributed by atoms with Crippen LogP contribution >= 0.6 is 0 Å². The van der Waals surface area contributed by atoms with Gasteiger partial charge in [-0.25, -0.2) is 0 Å². The summed E-state index contributed by atoms with van der Waals surface area (Å²) in [4.78, 5) is 12.3. The van der Waals surface area contributed by atoms with E-state index in [1.807, 2.05) is 0 Å². The third-order valence-electron chi connectivity index (χ3n) is 4.53. The van der Waals surface area contributed by atoms with Crippen molar-refractivity contribution >= 4 is 22.5 Å². The fourth-order valence-corrected chi connectivity index (χ4v) is 3.17. The van der Waals surface area contributed by atoms with Gasteiger partial charge in [-0.3, -0.25) is 4.79 Å². The first-order valence-electron chi connectivity index (χ1n) is 8.75. The molecule has 5 heteroatoms. The number of fused-ring (bicyclic) bond motifs is 1. The molecule has 1 N–H and O–H groups in total. The first kappa shape index (κ1) is 17.9. The minimum absolute atomic E-state index is 0.0239. The average molecular weight is 352 g/mol. The standard InChI is InChI=1S/C21H24N2O3/c1-4-23-13-12-17-15(6-5-7-18(17)23)8-11-21(24)22-16-9-10-19(25-2)20(14-16)26-3/h5-7,9-10,12-14H,4,8,11H2,1-3H3,(H,22,24). The molecule has 1 aromatic heterocycles. The molecule has 26 heavy (non-hydrogen) atoms. The Balaban J connectivity index is 1.67. The van der Waals surface area contributed by atoms with Crippen molar-refractivity contribution in [3.05, 3.63) is 54.2 Å². The van der Waals surface area contributed by atoms with Crippen molar-refractivity contribution in [1.29, 1.82) is 0 Å². The normalized spacial score (nSPS) is 10.7. The van der Waals surface area contributed by atoms with Crippen LogP contribution in [0.5, 0.6) is 11.5 Å². The summed E-state index contributed by atoms with van der Waals surface area (Å²) in [5, 5.41) is 4.14. The van der Waals surface area contributed by atoms with Crippen LogP contribution in [0.15, 0.2) is 48.7 Å². The average Bonchev–Trinajstić information content (AvgIpc) is 3.10. The second-order valence-corrected chi connectivity index (χ2v) is 6.07. The van der Waals surface area contributed by atoms with Gasteiger partial charge in [-0.15, -0.1) is 0 Å². The summed E-state index contributed by atoms with van der Waals surface area (Å²) < 4.78 is 12.7. The van der Waals surface area contributed by atoms with E-state index in [1.54, 1.807) is 32.4 Å². The number of ether oxygens (including phenoxy) is 2.